The highest BCUT2D eigenvalue weighted by molar-refractivity contribution is 5.88. The molecule has 0 bridgehead atoms. The molecule has 0 unspecified atom stereocenters. The van der Waals surface area contributed by atoms with Crippen LogP contribution in [0.2, 0.25) is 0 Å². The minimum Gasteiger partial charge on any atom is -0.494 e. The summed E-state index contributed by atoms with van der Waals surface area (Å²) in [5.41, 5.74) is 4.61. The molecule has 0 aliphatic rings. The molecule has 3 rings (SSSR count). The number of carbonyl (C=O) groups is 1. The fourth-order valence-electron chi connectivity index (χ4n) is 3.30. The van der Waals surface area contributed by atoms with Crippen molar-refractivity contribution in [1.82, 2.24) is 0 Å². The van der Waals surface area contributed by atoms with Crippen molar-refractivity contribution in [2.24, 2.45) is 0 Å². The number of aromatic carboxylic acids is 1. The number of benzene rings is 3. The van der Waals surface area contributed by atoms with Crippen LogP contribution < -0.4 is 4.74 Å². The molecule has 3 aromatic rings. The van der Waals surface area contributed by atoms with Crippen molar-refractivity contribution in [2.45, 2.75) is 25.7 Å². The molecule has 1 N–H and O–H groups in total. The van der Waals surface area contributed by atoms with Gasteiger partial charge in [-0.25, -0.2) is 4.79 Å². The Balaban J connectivity index is 1.53. The van der Waals surface area contributed by atoms with E-state index in [1.165, 1.54) is 6.42 Å². The Hall–Kier alpha value is -3.11. The van der Waals surface area contributed by atoms with Crippen molar-refractivity contribution in [1.29, 1.82) is 0 Å². The van der Waals surface area contributed by atoms with E-state index in [1.807, 2.05) is 24.3 Å². The summed E-state index contributed by atoms with van der Waals surface area (Å²) in [4.78, 5) is 11.0. The van der Waals surface area contributed by atoms with Crippen LogP contribution in [0.5, 0.6) is 5.75 Å². The second-order valence-electron chi connectivity index (χ2n) is 7.24. The lowest BCUT2D eigenvalue weighted by molar-refractivity contribution is 0.0697. The predicted molar refractivity (Wildman–Crippen MR) is 120 cm³/mol. The van der Waals surface area contributed by atoms with E-state index >= 15 is 0 Å². The zero-order valence-corrected chi connectivity index (χ0v) is 17.3. The Kier molecular flexibility index (Phi) is 8.04. The Bertz CT molecular complexity index is 913. The lowest BCUT2D eigenvalue weighted by atomic mass is 9.99. The molecular weight excluding hydrogens is 376 g/mol. The van der Waals surface area contributed by atoms with Crippen LogP contribution in [0.15, 0.2) is 72.8 Å². The number of carboxylic acids is 1. The van der Waals surface area contributed by atoms with Gasteiger partial charge < -0.3 is 14.6 Å². The molecule has 0 amide bonds. The number of hydrogen-bond acceptors (Lipinski definition) is 3. The summed E-state index contributed by atoms with van der Waals surface area (Å²) in [7, 11) is 1.74. The van der Waals surface area contributed by atoms with E-state index < -0.39 is 5.97 Å². The quantitative estimate of drug-likeness (QED) is 0.381. The molecule has 0 aliphatic carbocycles. The van der Waals surface area contributed by atoms with Gasteiger partial charge in [0.25, 0.3) is 0 Å². The predicted octanol–water partition coefficient (Wildman–Crippen LogP) is 6.30. The van der Waals surface area contributed by atoms with Gasteiger partial charge in [0, 0.05) is 13.7 Å². The van der Waals surface area contributed by atoms with Gasteiger partial charge in [0.1, 0.15) is 5.75 Å². The van der Waals surface area contributed by atoms with Crippen LogP contribution in [0.3, 0.4) is 0 Å². The van der Waals surface area contributed by atoms with E-state index in [4.69, 9.17) is 14.6 Å². The Labute approximate surface area is 178 Å². The van der Waals surface area contributed by atoms with Gasteiger partial charge in [-0.05, 0) is 65.8 Å². The fourth-order valence-corrected chi connectivity index (χ4v) is 3.30. The van der Waals surface area contributed by atoms with E-state index in [9.17, 15) is 4.79 Å². The van der Waals surface area contributed by atoms with Gasteiger partial charge in [0.2, 0.25) is 0 Å². The molecule has 0 atom stereocenters. The van der Waals surface area contributed by atoms with Crippen LogP contribution >= 0.6 is 0 Å². The van der Waals surface area contributed by atoms with Crippen LogP contribution in [0.4, 0.5) is 0 Å². The molecule has 0 radical (unpaired) electrons. The molecule has 30 heavy (non-hydrogen) atoms. The highest BCUT2D eigenvalue weighted by Gasteiger charge is 2.04. The van der Waals surface area contributed by atoms with Crippen LogP contribution in [0.25, 0.3) is 22.3 Å². The van der Waals surface area contributed by atoms with Crippen LogP contribution in [0.1, 0.15) is 36.0 Å². The number of unbranched alkanes of at least 4 members (excludes halogenated alkanes) is 3. The summed E-state index contributed by atoms with van der Waals surface area (Å²) >= 11 is 0. The molecule has 0 heterocycles. The first-order valence-electron chi connectivity index (χ1n) is 10.3. The molecule has 0 saturated heterocycles. The van der Waals surface area contributed by atoms with E-state index in [0.717, 1.165) is 60.5 Å². The van der Waals surface area contributed by atoms with Gasteiger partial charge in [-0.3, -0.25) is 0 Å². The van der Waals surface area contributed by atoms with Crippen LogP contribution in [0, 0.1) is 0 Å². The number of methoxy groups -OCH3 is 1. The molecule has 0 saturated carbocycles. The summed E-state index contributed by atoms with van der Waals surface area (Å²) in [5.74, 6) is -0.0165. The molecule has 4 nitrogen and oxygen atoms in total. The Morgan fingerprint density at radius 1 is 0.667 bits per heavy atom. The minimum atomic E-state index is -0.911. The molecule has 0 aromatic heterocycles. The van der Waals surface area contributed by atoms with E-state index in [2.05, 4.69) is 36.4 Å². The molecule has 0 fully saturated rings. The molecule has 156 valence electrons. The molecule has 0 spiro atoms. The summed E-state index contributed by atoms with van der Waals surface area (Å²) in [6.45, 7) is 1.57. The third kappa shape index (κ3) is 6.19. The van der Waals surface area contributed by atoms with Crippen molar-refractivity contribution >= 4 is 5.97 Å². The summed E-state index contributed by atoms with van der Waals surface area (Å²) in [5, 5.41) is 9.02. The zero-order chi connectivity index (χ0) is 21.2. The van der Waals surface area contributed by atoms with Crippen molar-refractivity contribution < 1.29 is 19.4 Å². The number of ether oxygens (including phenoxy) is 2. The normalized spacial score (nSPS) is 10.7. The van der Waals surface area contributed by atoms with E-state index in [0.29, 0.717) is 5.56 Å². The van der Waals surface area contributed by atoms with E-state index in [-0.39, 0.29) is 0 Å². The maximum Gasteiger partial charge on any atom is 0.335 e. The van der Waals surface area contributed by atoms with Gasteiger partial charge in [-0.15, -0.1) is 0 Å². The number of carboxylic acid groups (broad SMARTS) is 1. The zero-order valence-electron chi connectivity index (χ0n) is 17.3. The topological polar surface area (TPSA) is 55.8 Å². The third-order valence-electron chi connectivity index (χ3n) is 5.05. The molecule has 0 aliphatic heterocycles. The summed E-state index contributed by atoms with van der Waals surface area (Å²) in [6.07, 6.45) is 4.50. The first kappa shape index (κ1) is 21.6. The van der Waals surface area contributed by atoms with Crippen molar-refractivity contribution in [3.8, 4) is 28.0 Å². The highest BCUT2D eigenvalue weighted by atomic mass is 16.5. The van der Waals surface area contributed by atoms with Gasteiger partial charge in [-0.1, -0.05) is 55.0 Å². The highest BCUT2D eigenvalue weighted by Crippen LogP contribution is 2.26. The number of hydrogen-bond donors (Lipinski definition) is 1. The van der Waals surface area contributed by atoms with Crippen molar-refractivity contribution in [3.05, 3.63) is 78.4 Å². The summed E-state index contributed by atoms with van der Waals surface area (Å²) in [6, 6.07) is 23.4. The largest absolute Gasteiger partial charge is 0.494 e. The van der Waals surface area contributed by atoms with Gasteiger partial charge in [-0.2, -0.15) is 0 Å². The second-order valence-corrected chi connectivity index (χ2v) is 7.24. The molecular formula is C26H28O4. The van der Waals surface area contributed by atoms with Crippen LogP contribution in [-0.2, 0) is 4.74 Å². The molecule has 3 aromatic carbocycles. The van der Waals surface area contributed by atoms with Gasteiger partial charge in [0.15, 0.2) is 0 Å². The minimum absolute atomic E-state index is 0.295. The maximum absolute atomic E-state index is 11.0. The van der Waals surface area contributed by atoms with E-state index in [1.54, 1.807) is 19.2 Å². The lowest BCUT2D eigenvalue weighted by Gasteiger charge is -2.08. The lowest BCUT2D eigenvalue weighted by Crippen LogP contribution is -1.97. The Morgan fingerprint density at radius 3 is 1.57 bits per heavy atom. The molecule has 4 heteroatoms. The second kappa shape index (κ2) is 11.2. The standard InChI is InChI=1S/C26H28O4/c1-29-18-4-2-3-5-19-30-25-16-14-23(15-17-25)21-8-6-20(7-9-21)22-10-12-24(13-11-22)26(27)28/h6-17H,2-5,18-19H2,1H3,(H,27,28). The Morgan fingerprint density at radius 2 is 1.10 bits per heavy atom. The maximum atomic E-state index is 11.0. The van der Waals surface area contributed by atoms with Gasteiger partial charge in [0.05, 0.1) is 12.2 Å². The van der Waals surface area contributed by atoms with Crippen LogP contribution in [-0.4, -0.2) is 31.4 Å². The first-order valence-corrected chi connectivity index (χ1v) is 10.3. The number of rotatable bonds is 11. The average molecular weight is 405 g/mol. The smallest absolute Gasteiger partial charge is 0.335 e. The monoisotopic (exact) mass is 404 g/mol. The van der Waals surface area contributed by atoms with Crippen molar-refractivity contribution in [2.75, 3.05) is 20.3 Å². The summed E-state index contributed by atoms with van der Waals surface area (Å²) < 4.78 is 10.9. The SMILES string of the molecule is COCCCCCCOc1ccc(-c2ccc(-c3ccc(C(=O)O)cc3)cc2)cc1. The van der Waals surface area contributed by atoms with Crippen molar-refractivity contribution in [3.63, 3.8) is 0 Å². The third-order valence-corrected chi connectivity index (χ3v) is 5.05. The fraction of sp³-hybridized carbons (Fsp3) is 0.269. The van der Waals surface area contributed by atoms with Gasteiger partial charge >= 0.3 is 5.97 Å². The first-order chi connectivity index (χ1) is 14.7. The average Bonchev–Trinajstić information content (AvgIpc) is 2.79.